The normalized spacial score (nSPS) is 32.2. The van der Waals surface area contributed by atoms with Gasteiger partial charge in [0.1, 0.15) is 0 Å². The lowest BCUT2D eigenvalue weighted by molar-refractivity contribution is -0.130. The van der Waals surface area contributed by atoms with Crippen LogP contribution in [0.1, 0.15) is 59.3 Å². The van der Waals surface area contributed by atoms with Gasteiger partial charge >= 0.3 is 0 Å². The highest BCUT2D eigenvalue weighted by atomic mass is 16.5. The van der Waals surface area contributed by atoms with Crippen LogP contribution in [-0.2, 0) is 4.74 Å². The summed E-state index contributed by atoms with van der Waals surface area (Å²) in [5.74, 6) is 0.546. The van der Waals surface area contributed by atoms with Crippen molar-refractivity contribution in [3.8, 4) is 0 Å². The zero-order chi connectivity index (χ0) is 13.9. The quantitative estimate of drug-likeness (QED) is 0.746. The molecule has 3 heteroatoms. The molecule has 0 heterocycles. The van der Waals surface area contributed by atoms with Crippen molar-refractivity contribution < 1.29 is 9.84 Å². The minimum Gasteiger partial charge on any atom is -0.393 e. The molecule has 2 fully saturated rings. The molecule has 0 saturated heterocycles. The van der Waals surface area contributed by atoms with E-state index in [-0.39, 0.29) is 6.10 Å². The molecule has 0 aliphatic heterocycles. The van der Waals surface area contributed by atoms with Crippen molar-refractivity contribution in [1.82, 2.24) is 5.32 Å². The van der Waals surface area contributed by atoms with Crippen LogP contribution in [0.5, 0.6) is 0 Å². The molecular weight excluding hydrogens is 238 g/mol. The topological polar surface area (TPSA) is 41.5 Å². The fourth-order valence-corrected chi connectivity index (χ4v) is 4.18. The number of hydrogen-bond acceptors (Lipinski definition) is 3. The molecule has 2 rings (SSSR count). The summed E-state index contributed by atoms with van der Waals surface area (Å²) in [6.45, 7) is 8.07. The summed E-state index contributed by atoms with van der Waals surface area (Å²) < 4.78 is 5.94. The number of ether oxygens (including phenoxy) is 1. The average molecular weight is 269 g/mol. The summed E-state index contributed by atoms with van der Waals surface area (Å²) >= 11 is 0. The van der Waals surface area contributed by atoms with Gasteiger partial charge in [0.05, 0.1) is 12.2 Å². The maximum absolute atomic E-state index is 9.43. The first-order valence-electron chi connectivity index (χ1n) is 8.11. The first-order valence-corrected chi connectivity index (χ1v) is 8.11. The molecule has 4 atom stereocenters. The molecule has 0 radical (unpaired) electrons. The van der Waals surface area contributed by atoms with Crippen molar-refractivity contribution in [3.63, 3.8) is 0 Å². The Kier molecular flexibility index (Phi) is 5.27. The molecule has 2 aliphatic carbocycles. The Bertz CT molecular complexity index is 274. The van der Waals surface area contributed by atoms with Crippen molar-refractivity contribution in [2.24, 2.45) is 11.3 Å². The van der Waals surface area contributed by atoms with Gasteiger partial charge in [-0.2, -0.15) is 0 Å². The van der Waals surface area contributed by atoms with E-state index in [1.165, 1.54) is 32.1 Å². The molecule has 2 saturated carbocycles. The van der Waals surface area contributed by atoms with Gasteiger partial charge in [-0.15, -0.1) is 0 Å². The molecule has 1 spiro atoms. The highest BCUT2D eigenvalue weighted by Gasteiger charge is 2.56. The average Bonchev–Trinajstić information content (AvgIpc) is 2.83. The van der Waals surface area contributed by atoms with Crippen molar-refractivity contribution in [2.75, 3.05) is 13.2 Å². The lowest BCUT2D eigenvalue weighted by atomic mass is 9.60. The third kappa shape index (κ3) is 3.32. The largest absolute Gasteiger partial charge is 0.393 e. The van der Waals surface area contributed by atoms with E-state index in [9.17, 15) is 5.11 Å². The van der Waals surface area contributed by atoms with Gasteiger partial charge in [0.25, 0.3) is 0 Å². The number of aliphatic hydroxyl groups excluding tert-OH is 1. The van der Waals surface area contributed by atoms with Crippen molar-refractivity contribution in [1.29, 1.82) is 0 Å². The van der Waals surface area contributed by atoms with Crippen LogP contribution in [-0.4, -0.2) is 36.5 Å². The molecule has 0 bridgehead atoms. The van der Waals surface area contributed by atoms with Crippen LogP contribution >= 0.6 is 0 Å². The fourth-order valence-electron chi connectivity index (χ4n) is 4.18. The number of aliphatic hydroxyl groups is 1. The molecule has 2 aliphatic rings. The lowest BCUT2D eigenvalue weighted by Gasteiger charge is -2.54. The summed E-state index contributed by atoms with van der Waals surface area (Å²) in [5, 5.41) is 13.2. The van der Waals surface area contributed by atoms with Crippen LogP contribution in [0.4, 0.5) is 0 Å². The van der Waals surface area contributed by atoms with Gasteiger partial charge < -0.3 is 15.2 Å². The monoisotopic (exact) mass is 269 g/mol. The Morgan fingerprint density at radius 2 is 2.00 bits per heavy atom. The van der Waals surface area contributed by atoms with E-state index in [1.807, 2.05) is 6.92 Å². The molecule has 19 heavy (non-hydrogen) atoms. The van der Waals surface area contributed by atoms with E-state index in [2.05, 4.69) is 19.2 Å². The van der Waals surface area contributed by atoms with Gasteiger partial charge in [-0.25, -0.2) is 0 Å². The van der Waals surface area contributed by atoms with Crippen LogP contribution in [0, 0.1) is 11.3 Å². The van der Waals surface area contributed by atoms with Crippen LogP contribution in [0.3, 0.4) is 0 Å². The minimum atomic E-state index is -0.185. The molecule has 0 aromatic carbocycles. The van der Waals surface area contributed by atoms with Gasteiger partial charge in [0, 0.05) is 18.1 Å². The second-order valence-corrected chi connectivity index (χ2v) is 6.77. The van der Waals surface area contributed by atoms with Crippen LogP contribution in [0.15, 0.2) is 0 Å². The first kappa shape index (κ1) is 15.3. The summed E-state index contributed by atoms with van der Waals surface area (Å²) in [7, 11) is 0. The predicted molar refractivity (Wildman–Crippen MR) is 78.2 cm³/mol. The molecule has 0 amide bonds. The zero-order valence-electron chi connectivity index (χ0n) is 12.8. The smallest absolute Gasteiger partial charge is 0.0661 e. The van der Waals surface area contributed by atoms with Gasteiger partial charge in [-0.3, -0.25) is 0 Å². The Hall–Kier alpha value is -0.120. The Morgan fingerprint density at radius 3 is 2.58 bits per heavy atom. The van der Waals surface area contributed by atoms with E-state index >= 15 is 0 Å². The molecule has 4 unspecified atom stereocenters. The van der Waals surface area contributed by atoms with Gasteiger partial charge in [-0.1, -0.05) is 19.8 Å². The Labute approximate surface area is 118 Å². The van der Waals surface area contributed by atoms with Crippen LogP contribution in [0.2, 0.25) is 0 Å². The van der Waals surface area contributed by atoms with Gasteiger partial charge in [0.2, 0.25) is 0 Å². The maximum Gasteiger partial charge on any atom is 0.0661 e. The van der Waals surface area contributed by atoms with E-state index in [0.717, 1.165) is 19.6 Å². The summed E-state index contributed by atoms with van der Waals surface area (Å²) in [6.07, 6.45) is 7.77. The standard InChI is InChI=1S/C16H31NO2/c1-4-19-15-10-14(16(15)7-5-6-8-16)17-11-12(2)9-13(3)18/h12-15,17-18H,4-11H2,1-3H3. The predicted octanol–water partition coefficient (Wildman–Crippen LogP) is 2.72. The summed E-state index contributed by atoms with van der Waals surface area (Å²) in [5.41, 5.74) is 0.431. The highest BCUT2D eigenvalue weighted by Crippen LogP contribution is 2.54. The van der Waals surface area contributed by atoms with Crippen LogP contribution < -0.4 is 5.32 Å². The number of rotatable bonds is 7. The van der Waals surface area contributed by atoms with Gasteiger partial charge in [-0.05, 0) is 52.0 Å². The van der Waals surface area contributed by atoms with Crippen molar-refractivity contribution in [3.05, 3.63) is 0 Å². The lowest BCUT2D eigenvalue weighted by Crippen LogP contribution is -2.63. The SMILES string of the molecule is CCOC1CC(NCC(C)CC(C)O)C12CCCC2. The second-order valence-electron chi connectivity index (χ2n) is 6.77. The Morgan fingerprint density at radius 1 is 1.32 bits per heavy atom. The Balaban J connectivity index is 1.81. The first-order chi connectivity index (χ1) is 9.08. The highest BCUT2D eigenvalue weighted by molar-refractivity contribution is 5.10. The van der Waals surface area contributed by atoms with Crippen molar-refractivity contribution >= 4 is 0 Å². The van der Waals surface area contributed by atoms with Crippen molar-refractivity contribution in [2.45, 2.75) is 77.5 Å². The number of hydrogen-bond donors (Lipinski definition) is 2. The number of nitrogens with one attached hydrogen (secondary N) is 1. The minimum absolute atomic E-state index is 0.185. The third-order valence-corrected chi connectivity index (χ3v) is 5.14. The van der Waals surface area contributed by atoms with E-state index in [1.54, 1.807) is 0 Å². The second kappa shape index (κ2) is 6.55. The molecule has 112 valence electrons. The molecule has 0 aromatic rings. The summed E-state index contributed by atoms with van der Waals surface area (Å²) in [4.78, 5) is 0. The van der Waals surface area contributed by atoms with E-state index in [0.29, 0.717) is 23.5 Å². The van der Waals surface area contributed by atoms with Crippen LogP contribution in [0.25, 0.3) is 0 Å². The molecule has 0 aromatic heterocycles. The molecule has 3 nitrogen and oxygen atoms in total. The summed E-state index contributed by atoms with van der Waals surface area (Å²) in [6, 6.07) is 0.642. The van der Waals surface area contributed by atoms with E-state index in [4.69, 9.17) is 4.74 Å². The molecular formula is C16H31NO2. The fraction of sp³-hybridized carbons (Fsp3) is 1.00. The maximum atomic E-state index is 9.43. The zero-order valence-corrected chi connectivity index (χ0v) is 12.8. The van der Waals surface area contributed by atoms with Gasteiger partial charge in [0.15, 0.2) is 0 Å². The van der Waals surface area contributed by atoms with E-state index < -0.39 is 0 Å². The third-order valence-electron chi connectivity index (χ3n) is 5.14. The molecule has 2 N–H and O–H groups in total.